The van der Waals surface area contributed by atoms with Gasteiger partial charge >= 0.3 is 6.09 Å². The molecular formula is C26H28BrFN6O3. The van der Waals surface area contributed by atoms with E-state index in [1.54, 1.807) is 30.5 Å². The highest BCUT2D eigenvalue weighted by molar-refractivity contribution is 9.10. The second kappa shape index (κ2) is 9.21. The summed E-state index contributed by atoms with van der Waals surface area (Å²) in [5.74, 6) is -0.000955. The van der Waals surface area contributed by atoms with Gasteiger partial charge in [-0.3, -0.25) is 9.88 Å². The summed E-state index contributed by atoms with van der Waals surface area (Å²) in [6, 6.07) is 6.29. The van der Waals surface area contributed by atoms with E-state index in [1.165, 1.54) is 16.6 Å². The molecule has 3 heterocycles. The zero-order valence-electron chi connectivity index (χ0n) is 21.1. The average molecular weight is 571 g/mol. The van der Waals surface area contributed by atoms with Crippen LogP contribution < -0.4 is 5.73 Å². The molecule has 1 saturated carbocycles. The first-order valence-electron chi connectivity index (χ1n) is 11.9. The van der Waals surface area contributed by atoms with E-state index in [1.807, 2.05) is 26.8 Å². The lowest BCUT2D eigenvalue weighted by Crippen LogP contribution is -2.47. The highest BCUT2D eigenvalue weighted by atomic mass is 79.9. The molecule has 1 aliphatic rings. The van der Waals surface area contributed by atoms with Crippen LogP contribution in [-0.2, 0) is 16.0 Å². The molecule has 5 rings (SSSR count). The molecule has 194 valence electrons. The number of hydrogen-bond donors (Lipinski definition) is 1. The van der Waals surface area contributed by atoms with Crippen LogP contribution >= 0.6 is 15.9 Å². The highest BCUT2D eigenvalue weighted by Gasteiger charge is 2.51. The lowest BCUT2D eigenvalue weighted by atomic mass is 10.1. The van der Waals surface area contributed by atoms with Gasteiger partial charge in [-0.15, -0.1) is 0 Å². The van der Waals surface area contributed by atoms with Gasteiger partial charge in [0, 0.05) is 29.8 Å². The van der Waals surface area contributed by atoms with Crippen LogP contribution in [0.3, 0.4) is 0 Å². The molecule has 11 heteroatoms. The van der Waals surface area contributed by atoms with Crippen LogP contribution in [0.2, 0.25) is 0 Å². The van der Waals surface area contributed by atoms with Gasteiger partial charge in [0.15, 0.2) is 5.65 Å². The number of rotatable bonds is 6. The van der Waals surface area contributed by atoms with Crippen molar-refractivity contribution < 1.29 is 18.7 Å². The van der Waals surface area contributed by atoms with Crippen molar-refractivity contribution in [1.82, 2.24) is 24.5 Å². The van der Waals surface area contributed by atoms with Crippen molar-refractivity contribution in [3.8, 4) is 11.1 Å². The quantitative estimate of drug-likeness (QED) is 0.333. The number of benzene rings is 1. The van der Waals surface area contributed by atoms with Crippen molar-refractivity contribution >= 4 is 44.4 Å². The summed E-state index contributed by atoms with van der Waals surface area (Å²) in [4.78, 5) is 24.3. The molecule has 0 spiro atoms. The van der Waals surface area contributed by atoms with E-state index in [9.17, 15) is 9.18 Å². The number of carbonyl (C=O) groups is 1. The van der Waals surface area contributed by atoms with Gasteiger partial charge in [-0.1, -0.05) is 0 Å². The Hall–Kier alpha value is -3.31. The summed E-state index contributed by atoms with van der Waals surface area (Å²) < 4.78 is 27.1. The summed E-state index contributed by atoms with van der Waals surface area (Å²) in [6.07, 6.45) is 4.50. The molecule has 0 atom stereocenters. The zero-order chi connectivity index (χ0) is 26.5. The minimum Gasteiger partial charge on any atom is -0.444 e. The molecule has 0 bridgehead atoms. The van der Waals surface area contributed by atoms with E-state index in [2.05, 4.69) is 26.0 Å². The summed E-state index contributed by atoms with van der Waals surface area (Å²) in [5.41, 5.74) is 8.45. The van der Waals surface area contributed by atoms with Crippen LogP contribution in [0.4, 0.5) is 15.0 Å². The van der Waals surface area contributed by atoms with Gasteiger partial charge in [0.25, 0.3) is 0 Å². The molecule has 9 nitrogen and oxygen atoms in total. The predicted octanol–water partition coefficient (Wildman–Crippen LogP) is 5.34. The van der Waals surface area contributed by atoms with E-state index in [0.29, 0.717) is 44.7 Å². The summed E-state index contributed by atoms with van der Waals surface area (Å²) in [6.45, 7) is 6.04. The van der Waals surface area contributed by atoms with Crippen LogP contribution in [0.15, 0.2) is 41.1 Å². The fourth-order valence-corrected chi connectivity index (χ4v) is 4.78. The number of amides is 1. The van der Waals surface area contributed by atoms with Crippen molar-refractivity contribution in [3.05, 3.63) is 52.6 Å². The second-order valence-electron chi connectivity index (χ2n) is 10.3. The maximum Gasteiger partial charge on any atom is 0.411 e. The number of aromatic nitrogens is 4. The van der Waals surface area contributed by atoms with Crippen LogP contribution in [0.25, 0.3) is 27.7 Å². The first-order chi connectivity index (χ1) is 17.5. The number of pyridine rings is 1. The van der Waals surface area contributed by atoms with Crippen LogP contribution in [0.1, 0.15) is 39.3 Å². The zero-order valence-corrected chi connectivity index (χ0v) is 22.7. The Labute approximate surface area is 221 Å². The fourth-order valence-electron chi connectivity index (χ4n) is 4.40. The number of nitrogens with two attached hydrogens (primary N) is 1. The predicted molar refractivity (Wildman–Crippen MR) is 141 cm³/mol. The molecule has 1 fully saturated rings. The number of halogens is 2. The largest absolute Gasteiger partial charge is 0.444 e. The van der Waals surface area contributed by atoms with Gasteiger partial charge in [0.2, 0.25) is 0 Å². The third-order valence-corrected chi connectivity index (χ3v) is 7.24. The third-order valence-electron chi connectivity index (χ3n) is 6.38. The van der Waals surface area contributed by atoms with E-state index in [-0.39, 0.29) is 12.4 Å². The summed E-state index contributed by atoms with van der Waals surface area (Å²) in [5, 5.41) is 5.08. The number of methoxy groups -OCH3 is 1. The molecule has 3 aromatic heterocycles. The van der Waals surface area contributed by atoms with Crippen LogP contribution in [0, 0.1) is 5.82 Å². The number of nitrogen functional groups attached to an aromatic ring is 1. The van der Waals surface area contributed by atoms with Gasteiger partial charge < -0.3 is 15.2 Å². The molecular weight excluding hydrogens is 543 g/mol. The summed E-state index contributed by atoms with van der Waals surface area (Å²) in [7, 11) is 1.62. The van der Waals surface area contributed by atoms with Gasteiger partial charge in [0.05, 0.1) is 40.6 Å². The number of carbonyl (C=O) groups excluding carboxylic acids is 1. The van der Waals surface area contributed by atoms with Crippen molar-refractivity contribution in [2.24, 2.45) is 0 Å². The Morgan fingerprint density at radius 2 is 2.03 bits per heavy atom. The minimum atomic E-state index is -0.659. The van der Waals surface area contributed by atoms with E-state index >= 15 is 0 Å². The molecule has 1 aromatic carbocycles. The fraction of sp³-hybridized carbons (Fsp3) is 0.385. The lowest BCUT2D eigenvalue weighted by molar-refractivity contribution is -0.00242. The molecule has 37 heavy (non-hydrogen) atoms. The van der Waals surface area contributed by atoms with Crippen molar-refractivity contribution in [1.29, 1.82) is 0 Å². The smallest absolute Gasteiger partial charge is 0.411 e. The maximum absolute atomic E-state index is 13.8. The maximum atomic E-state index is 13.8. The second-order valence-corrected chi connectivity index (χ2v) is 11.1. The van der Waals surface area contributed by atoms with Gasteiger partial charge in [-0.25, -0.2) is 14.2 Å². The monoisotopic (exact) mass is 570 g/mol. The normalized spacial score (nSPS) is 14.8. The van der Waals surface area contributed by atoms with Gasteiger partial charge in [-0.05, 0) is 73.8 Å². The highest BCUT2D eigenvalue weighted by Crippen LogP contribution is 2.44. The standard InChI is InChI=1S/C26H28BrFN6O3/c1-25(2,3)37-24(35)33(26(7-8-26)14-36-4)13-20-21(27)22(29)34-23(32-20)18(12-31-34)16-9-15-10-17(28)5-6-19(15)30-11-16/h5-6,9-12H,7-8,13-14,29H2,1-4H3. The molecule has 1 aliphatic carbocycles. The first kappa shape index (κ1) is 25.3. The molecule has 0 unspecified atom stereocenters. The van der Waals surface area contributed by atoms with Crippen LogP contribution in [0.5, 0.6) is 0 Å². The first-order valence-corrected chi connectivity index (χ1v) is 12.7. The number of fused-ring (bicyclic) bond motifs is 2. The molecule has 0 aliphatic heterocycles. The van der Waals surface area contributed by atoms with Crippen molar-refractivity contribution in [2.45, 2.75) is 51.3 Å². The number of ether oxygens (including phenoxy) is 2. The molecule has 4 aromatic rings. The number of hydrogen-bond acceptors (Lipinski definition) is 7. The van der Waals surface area contributed by atoms with Crippen molar-refractivity contribution in [2.75, 3.05) is 19.5 Å². The topological polar surface area (TPSA) is 108 Å². The Bertz CT molecular complexity index is 1510. The Morgan fingerprint density at radius 3 is 2.70 bits per heavy atom. The molecule has 1 amide bonds. The van der Waals surface area contributed by atoms with E-state index < -0.39 is 17.2 Å². The minimum absolute atomic E-state index is 0.158. The van der Waals surface area contributed by atoms with Crippen molar-refractivity contribution in [3.63, 3.8) is 0 Å². The number of nitrogens with zero attached hydrogens (tertiary/aromatic N) is 5. The van der Waals surface area contributed by atoms with E-state index in [0.717, 1.165) is 18.4 Å². The average Bonchev–Trinajstić information content (AvgIpc) is 3.48. The SMILES string of the molecule is COCC1(N(Cc2nc3c(-c4cnc5ccc(F)cc5c4)cnn3c(N)c2Br)C(=O)OC(C)(C)C)CC1. The summed E-state index contributed by atoms with van der Waals surface area (Å²) >= 11 is 3.56. The molecule has 0 saturated heterocycles. The lowest BCUT2D eigenvalue weighted by Gasteiger charge is -2.33. The molecule has 0 radical (unpaired) electrons. The number of anilines is 1. The molecule has 2 N–H and O–H groups in total. The van der Waals surface area contributed by atoms with Gasteiger partial charge in [0.1, 0.15) is 17.2 Å². The third kappa shape index (κ3) is 4.85. The Morgan fingerprint density at radius 1 is 1.27 bits per heavy atom. The Balaban J connectivity index is 1.58. The van der Waals surface area contributed by atoms with Crippen LogP contribution in [-0.4, -0.2) is 55.4 Å². The van der Waals surface area contributed by atoms with Gasteiger partial charge in [-0.2, -0.15) is 9.61 Å². The van der Waals surface area contributed by atoms with E-state index in [4.69, 9.17) is 20.2 Å². The Kier molecular flexibility index (Phi) is 6.31.